The molecular weight excluding hydrogens is 238 g/mol. The molecular formula is C15H25N3O. The maximum Gasteiger partial charge on any atom is 0.218 e. The zero-order valence-corrected chi connectivity index (χ0v) is 12.1. The first-order valence-corrected chi connectivity index (χ1v) is 7.46. The van der Waals surface area contributed by atoms with Gasteiger partial charge in [-0.3, -0.25) is 0 Å². The standard InChI is InChI=1S/C15H25N3O/c1-12(2)19-15-10-14(17-11-18-15)16-9-5-8-13-6-3-4-7-13/h10-13H,3-9H2,1-2H3,(H,16,17,18). The summed E-state index contributed by atoms with van der Waals surface area (Å²) in [5.41, 5.74) is 0. The fourth-order valence-corrected chi connectivity index (χ4v) is 2.65. The van der Waals surface area contributed by atoms with Crippen LogP contribution < -0.4 is 10.1 Å². The molecule has 4 nitrogen and oxygen atoms in total. The first-order valence-electron chi connectivity index (χ1n) is 7.46. The van der Waals surface area contributed by atoms with Crippen molar-refractivity contribution in [2.24, 2.45) is 5.92 Å². The number of hydrogen-bond acceptors (Lipinski definition) is 4. The summed E-state index contributed by atoms with van der Waals surface area (Å²) in [5, 5.41) is 3.35. The molecule has 0 spiro atoms. The second kappa shape index (κ2) is 7.31. The second-order valence-corrected chi connectivity index (χ2v) is 5.63. The van der Waals surface area contributed by atoms with Gasteiger partial charge in [0.15, 0.2) is 0 Å². The Labute approximate surface area is 116 Å². The fraction of sp³-hybridized carbons (Fsp3) is 0.733. The number of anilines is 1. The molecule has 1 heterocycles. The van der Waals surface area contributed by atoms with E-state index in [1.165, 1.54) is 38.5 Å². The molecule has 1 N–H and O–H groups in total. The summed E-state index contributed by atoms with van der Waals surface area (Å²) in [6.45, 7) is 4.97. The minimum atomic E-state index is 0.144. The SMILES string of the molecule is CC(C)Oc1cc(NCCCC2CCCC2)ncn1. The lowest BCUT2D eigenvalue weighted by molar-refractivity contribution is 0.232. The van der Waals surface area contributed by atoms with E-state index in [0.717, 1.165) is 18.3 Å². The Bertz CT molecular complexity index is 375. The molecule has 1 saturated carbocycles. The molecule has 0 aliphatic heterocycles. The van der Waals surface area contributed by atoms with E-state index in [2.05, 4.69) is 15.3 Å². The van der Waals surface area contributed by atoms with Gasteiger partial charge in [-0.05, 0) is 32.6 Å². The van der Waals surface area contributed by atoms with E-state index in [1.54, 1.807) is 6.33 Å². The van der Waals surface area contributed by atoms with Crippen molar-refractivity contribution in [2.75, 3.05) is 11.9 Å². The summed E-state index contributed by atoms with van der Waals surface area (Å²) in [5.74, 6) is 2.47. The van der Waals surface area contributed by atoms with Crippen LogP contribution >= 0.6 is 0 Å². The molecule has 1 aromatic rings. The lowest BCUT2D eigenvalue weighted by Gasteiger charge is -2.11. The summed E-state index contributed by atoms with van der Waals surface area (Å²) in [6.07, 6.45) is 9.98. The Hall–Kier alpha value is -1.32. The van der Waals surface area contributed by atoms with Crippen LogP contribution in [-0.2, 0) is 0 Å². The van der Waals surface area contributed by atoms with Crippen molar-refractivity contribution in [1.82, 2.24) is 9.97 Å². The molecule has 1 aromatic heterocycles. The third kappa shape index (κ3) is 5.05. The number of nitrogens with one attached hydrogen (secondary N) is 1. The topological polar surface area (TPSA) is 47.0 Å². The Morgan fingerprint density at radius 2 is 2.11 bits per heavy atom. The van der Waals surface area contributed by atoms with Gasteiger partial charge < -0.3 is 10.1 Å². The van der Waals surface area contributed by atoms with Gasteiger partial charge in [0.05, 0.1) is 6.10 Å². The molecule has 106 valence electrons. The van der Waals surface area contributed by atoms with E-state index in [-0.39, 0.29) is 6.10 Å². The number of nitrogens with zero attached hydrogens (tertiary/aromatic N) is 2. The maximum atomic E-state index is 5.55. The number of ether oxygens (including phenoxy) is 1. The molecule has 1 fully saturated rings. The normalized spacial score (nSPS) is 15.9. The van der Waals surface area contributed by atoms with Crippen LogP contribution in [0.1, 0.15) is 52.4 Å². The molecule has 4 heteroatoms. The van der Waals surface area contributed by atoms with Crippen LogP contribution in [0.3, 0.4) is 0 Å². The van der Waals surface area contributed by atoms with E-state index in [0.29, 0.717) is 5.88 Å². The average molecular weight is 263 g/mol. The van der Waals surface area contributed by atoms with Crippen LogP contribution in [0, 0.1) is 5.92 Å². The smallest absolute Gasteiger partial charge is 0.218 e. The van der Waals surface area contributed by atoms with Crippen molar-refractivity contribution in [3.8, 4) is 5.88 Å². The van der Waals surface area contributed by atoms with E-state index < -0.39 is 0 Å². The highest BCUT2D eigenvalue weighted by Gasteiger charge is 2.13. The second-order valence-electron chi connectivity index (χ2n) is 5.63. The van der Waals surface area contributed by atoms with Crippen LogP contribution in [0.25, 0.3) is 0 Å². The van der Waals surface area contributed by atoms with Crippen molar-refractivity contribution in [3.63, 3.8) is 0 Å². The molecule has 0 amide bonds. The van der Waals surface area contributed by atoms with Crippen molar-refractivity contribution in [2.45, 2.75) is 58.5 Å². The molecule has 0 aromatic carbocycles. The molecule has 0 bridgehead atoms. The minimum absolute atomic E-state index is 0.144. The first kappa shape index (κ1) is 14.1. The van der Waals surface area contributed by atoms with Crippen molar-refractivity contribution in [1.29, 1.82) is 0 Å². The highest BCUT2D eigenvalue weighted by molar-refractivity contribution is 5.36. The lowest BCUT2D eigenvalue weighted by atomic mass is 10.0. The van der Waals surface area contributed by atoms with Gasteiger partial charge in [-0.25, -0.2) is 9.97 Å². The number of rotatable bonds is 7. The summed E-state index contributed by atoms with van der Waals surface area (Å²) in [4.78, 5) is 8.31. The summed E-state index contributed by atoms with van der Waals surface area (Å²) < 4.78 is 5.55. The average Bonchev–Trinajstić information content (AvgIpc) is 2.87. The zero-order valence-electron chi connectivity index (χ0n) is 12.1. The molecule has 1 aliphatic rings. The van der Waals surface area contributed by atoms with Gasteiger partial charge in [-0.1, -0.05) is 25.7 Å². The highest BCUT2D eigenvalue weighted by atomic mass is 16.5. The van der Waals surface area contributed by atoms with Gasteiger partial charge in [0.1, 0.15) is 12.1 Å². The lowest BCUT2D eigenvalue weighted by Crippen LogP contribution is -2.09. The number of aromatic nitrogens is 2. The molecule has 1 aliphatic carbocycles. The Morgan fingerprint density at radius 1 is 1.32 bits per heavy atom. The molecule has 0 radical (unpaired) electrons. The predicted molar refractivity (Wildman–Crippen MR) is 77.5 cm³/mol. The Morgan fingerprint density at radius 3 is 2.84 bits per heavy atom. The maximum absolute atomic E-state index is 5.55. The van der Waals surface area contributed by atoms with E-state index in [1.807, 2.05) is 19.9 Å². The van der Waals surface area contributed by atoms with E-state index in [9.17, 15) is 0 Å². The van der Waals surface area contributed by atoms with E-state index in [4.69, 9.17) is 4.74 Å². The minimum Gasteiger partial charge on any atom is -0.475 e. The van der Waals surface area contributed by atoms with Crippen LogP contribution in [0.2, 0.25) is 0 Å². The Balaban J connectivity index is 1.69. The van der Waals surface area contributed by atoms with Crippen LogP contribution in [0.5, 0.6) is 5.88 Å². The third-order valence-electron chi connectivity index (χ3n) is 3.57. The fourth-order valence-electron chi connectivity index (χ4n) is 2.65. The van der Waals surface area contributed by atoms with Gasteiger partial charge in [-0.2, -0.15) is 0 Å². The largest absolute Gasteiger partial charge is 0.475 e. The quantitative estimate of drug-likeness (QED) is 0.763. The van der Waals surface area contributed by atoms with Crippen molar-refractivity contribution in [3.05, 3.63) is 12.4 Å². The summed E-state index contributed by atoms with van der Waals surface area (Å²) in [7, 11) is 0. The van der Waals surface area contributed by atoms with Crippen LogP contribution in [0.4, 0.5) is 5.82 Å². The summed E-state index contributed by atoms with van der Waals surface area (Å²) in [6, 6.07) is 1.87. The van der Waals surface area contributed by atoms with Crippen molar-refractivity contribution >= 4 is 5.82 Å². The molecule has 0 atom stereocenters. The first-order chi connectivity index (χ1) is 9.24. The molecule has 0 unspecified atom stereocenters. The molecule has 2 rings (SSSR count). The van der Waals surface area contributed by atoms with Crippen LogP contribution in [-0.4, -0.2) is 22.6 Å². The summed E-state index contributed by atoms with van der Waals surface area (Å²) >= 11 is 0. The molecule has 0 saturated heterocycles. The van der Waals surface area contributed by atoms with Crippen molar-refractivity contribution < 1.29 is 4.74 Å². The highest BCUT2D eigenvalue weighted by Crippen LogP contribution is 2.28. The van der Waals surface area contributed by atoms with Gasteiger partial charge in [-0.15, -0.1) is 0 Å². The zero-order chi connectivity index (χ0) is 13.5. The Kier molecular flexibility index (Phi) is 5.43. The van der Waals surface area contributed by atoms with E-state index >= 15 is 0 Å². The van der Waals surface area contributed by atoms with Gasteiger partial charge >= 0.3 is 0 Å². The van der Waals surface area contributed by atoms with Crippen LogP contribution in [0.15, 0.2) is 12.4 Å². The number of hydrogen-bond donors (Lipinski definition) is 1. The third-order valence-corrected chi connectivity index (χ3v) is 3.57. The monoisotopic (exact) mass is 263 g/mol. The van der Waals surface area contributed by atoms with Gasteiger partial charge in [0, 0.05) is 12.6 Å². The predicted octanol–water partition coefficient (Wildman–Crippen LogP) is 3.65. The van der Waals surface area contributed by atoms with Gasteiger partial charge in [0.25, 0.3) is 0 Å². The molecule has 19 heavy (non-hydrogen) atoms. The van der Waals surface area contributed by atoms with Gasteiger partial charge in [0.2, 0.25) is 5.88 Å².